The summed E-state index contributed by atoms with van der Waals surface area (Å²) in [4.78, 5) is 14.2. The summed E-state index contributed by atoms with van der Waals surface area (Å²) in [6.07, 6.45) is 7.38. The maximum absolute atomic E-state index is 13.3. The van der Waals surface area contributed by atoms with Crippen molar-refractivity contribution in [3.05, 3.63) is 83.4 Å². The van der Waals surface area contributed by atoms with Crippen molar-refractivity contribution >= 4 is 5.91 Å². The van der Waals surface area contributed by atoms with E-state index in [2.05, 4.69) is 5.92 Å². The van der Waals surface area contributed by atoms with E-state index in [4.69, 9.17) is 11.2 Å². The van der Waals surface area contributed by atoms with Gasteiger partial charge < -0.3 is 9.64 Å². The van der Waals surface area contributed by atoms with E-state index in [9.17, 15) is 9.18 Å². The first-order chi connectivity index (χ1) is 12.2. The summed E-state index contributed by atoms with van der Waals surface area (Å²) in [7, 11) is 0. The number of terminal acetylenes is 1. The van der Waals surface area contributed by atoms with Gasteiger partial charge in [-0.2, -0.15) is 0 Å². The number of carbonyl (C=O) groups excluding carboxylic acids is 1. The molecule has 1 heterocycles. The summed E-state index contributed by atoms with van der Waals surface area (Å²) in [6, 6.07) is 15.9. The molecule has 0 aromatic heterocycles. The molecule has 3 rings (SSSR count). The monoisotopic (exact) mass is 335 g/mol. The van der Waals surface area contributed by atoms with E-state index < -0.39 is 5.92 Å². The molecule has 0 aliphatic carbocycles. The summed E-state index contributed by atoms with van der Waals surface area (Å²) in [5, 5.41) is 0. The molecule has 126 valence electrons. The number of hydrogen-bond acceptors (Lipinski definition) is 2. The second kappa shape index (κ2) is 7.67. The molecule has 1 unspecified atom stereocenters. The Kier molecular flexibility index (Phi) is 5.15. The molecule has 1 atom stereocenters. The predicted molar refractivity (Wildman–Crippen MR) is 93.5 cm³/mol. The maximum Gasteiger partial charge on any atom is 0.246 e. The van der Waals surface area contributed by atoms with Crippen molar-refractivity contribution in [2.24, 2.45) is 5.92 Å². The Morgan fingerprint density at radius 1 is 1.16 bits per heavy atom. The van der Waals surface area contributed by atoms with E-state index in [1.165, 1.54) is 12.1 Å². The zero-order valence-electron chi connectivity index (χ0n) is 13.7. The van der Waals surface area contributed by atoms with Crippen molar-refractivity contribution in [2.75, 3.05) is 6.54 Å². The highest BCUT2D eigenvalue weighted by molar-refractivity contribution is 5.85. The van der Waals surface area contributed by atoms with Crippen molar-refractivity contribution in [1.29, 1.82) is 0 Å². The molecular formula is C21H18FNO2. The van der Waals surface area contributed by atoms with Gasteiger partial charge in [0.2, 0.25) is 5.91 Å². The lowest BCUT2D eigenvalue weighted by atomic mass is 10.0. The van der Waals surface area contributed by atoms with Crippen molar-refractivity contribution in [3.63, 3.8) is 0 Å². The van der Waals surface area contributed by atoms with Gasteiger partial charge in [0.15, 0.2) is 5.92 Å². The zero-order valence-corrected chi connectivity index (χ0v) is 13.7. The molecule has 0 bridgehead atoms. The van der Waals surface area contributed by atoms with Gasteiger partial charge in [0.05, 0.1) is 0 Å². The summed E-state index contributed by atoms with van der Waals surface area (Å²) in [5.74, 6) is 1.75. The molecule has 0 N–H and O–H groups in total. The first-order valence-corrected chi connectivity index (χ1v) is 8.03. The van der Waals surface area contributed by atoms with Crippen LogP contribution >= 0.6 is 0 Å². The minimum Gasteiger partial charge on any atom is -0.492 e. The molecule has 4 heteroatoms. The molecule has 1 amide bonds. The fourth-order valence-corrected chi connectivity index (χ4v) is 2.75. The number of halogens is 1. The summed E-state index contributed by atoms with van der Waals surface area (Å²) in [5.41, 5.74) is 1.74. The molecule has 1 aliphatic heterocycles. The Morgan fingerprint density at radius 3 is 2.64 bits per heavy atom. The molecule has 0 saturated heterocycles. The Balaban J connectivity index is 1.69. The number of carbonyl (C=O) groups is 1. The Labute approximate surface area is 146 Å². The molecule has 2 aromatic rings. The van der Waals surface area contributed by atoms with Crippen molar-refractivity contribution < 1.29 is 13.9 Å². The van der Waals surface area contributed by atoms with E-state index in [0.717, 1.165) is 11.1 Å². The van der Waals surface area contributed by atoms with Crippen LogP contribution in [0.3, 0.4) is 0 Å². The van der Waals surface area contributed by atoms with E-state index >= 15 is 0 Å². The fourth-order valence-electron chi connectivity index (χ4n) is 2.75. The highest BCUT2D eigenvalue weighted by Crippen LogP contribution is 2.23. The normalized spacial score (nSPS) is 17.0. The third-order valence-electron chi connectivity index (χ3n) is 4.03. The highest BCUT2D eigenvalue weighted by Gasteiger charge is 2.31. The van der Waals surface area contributed by atoms with Gasteiger partial charge >= 0.3 is 0 Å². The Hall–Kier alpha value is -3.06. The molecular weight excluding hydrogens is 317 g/mol. The van der Waals surface area contributed by atoms with Gasteiger partial charge in [0.1, 0.15) is 18.2 Å². The topological polar surface area (TPSA) is 29.5 Å². The number of amides is 1. The van der Waals surface area contributed by atoms with Crippen LogP contribution in [0.1, 0.15) is 11.1 Å². The van der Waals surface area contributed by atoms with Crippen LogP contribution in [0.4, 0.5) is 4.39 Å². The van der Waals surface area contributed by atoms with Crippen molar-refractivity contribution in [2.45, 2.75) is 13.2 Å². The predicted octanol–water partition coefficient (Wildman–Crippen LogP) is 3.52. The van der Waals surface area contributed by atoms with E-state index in [1.54, 1.807) is 17.0 Å². The van der Waals surface area contributed by atoms with Gasteiger partial charge in [-0.25, -0.2) is 4.39 Å². The molecule has 0 saturated carbocycles. The van der Waals surface area contributed by atoms with Gasteiger partial charge in [0, 0.05) is 13.1 Å². The Bertz CT molecular complexity index is 823. The van der Waals surface area contributed by atoms with Gasteiger partial charge in [-0.05, 0) is 29.3 Å². The van der Waals surface area contributed by atoms with E-state index in [0.29, 0.717) is 25.5 Å². The van der Waals surface area contributed by atoms with Crippen LogP contribution in [-0.4, -0.2) is 17.4 Å². The number of nitrogens with zero attached hydrogens (tertiary/aromatic N) is 1. The summed E-state index contributed by atoms with van der Waals surface area (Å²) in [6.45, 7) is 1.07. The Morgan fingerprint density at radius 2 is 1.92 bits per heavy atom. The average molecular weight is 335 g/mol. The second-order valence-corrected chi connectivity index (χ2v) is 5.83. The third kappa shape index (κ3) is 4.07. The van der Waals surface area contributed by atoms with Crippen LogP contribution in [0.2, 0.25) is 0 Å². The van der Waals surface area contributed by atoms with Crippen LogP contribution in [0.15, 0.2) is 66.4 Å². The van der Waals surface area contributed by atoms with Crippen LogP contribution in [0.5, 0.6) is 0 Å². The molecule has 0 fully saturated rings. The van der Waals surface area contributed by atoms with Gasteiger partial charge in [0.25, 0.3) is 0 Å². The first kappa shape index (κ1) is 16.8. The molecule has 3 nitrogen and oxygen atoms in total. The van der Waals surface area contributed by atoms with Gasteiger partial charge in [-0.15, -0.1) is 6.42 Å². The van der Waals surface area contributed by atoms with Crippen LogP contribution in [0, 0.1) is 24.1 Å². The minimum atomic E-state index is -0.744. The van der Waals surface area contributed by atoms with Crippen LogP contribution in [0.25, 0.3) is 0 Å². The lowest BCUT2D eigenvalue weighted by Gasteiger charge is -2.30. The molecule has 1 aliphatic rings. The lowest BCUT2D eigenvalue weighted by molar-refractivity contribution is -0.134. The standard InChI is InChI=1S/C21H18FNO2/c1-2-19-20(25-15-16-7-4-3-5-8-16)11-12-23(21(19)24)14-17-9-6-10-18(22)13-17/h1,3-11,13,19H,12,14-15H2. The third-order valence-corrected chi connectivity index (χ3v) is 4.03. The molecule has 0 radical (unpaired) electrons. The zero-order chi connectivity index (χ0) is 17.6. The molecule has 25 heavy (non-hydrogen) atoms. The number of ether oxygens (including phenoxy) is 1. The number of benzene rings is 2. The fraction of sp³-hybridized carbons (Fsp3) is 0.190. The highest BCUT2D eigenvalue weighted by atomic mass is 19.1. The van der Waals surface area contributed by atoms with Crippen molar-refractivity contribution in [3.8, 4) is 12.3 Å². The largest absolute Gasteiger partial charge is 0.492 e. The molecule has 2 aromatic carbocycles. The van der Waals surface area contributed by atoms with Gasteiger partial charge in [-0.3, -0.25) is 4.79 Å². The van der Waals surface area contributed by atoms with Crippen LogP contribution in [-0.2, 0) is 22.7 Å². The van der Waals surface area contributed by atoms with Gasteiger partial charge in [-0.1, -0.05) is 48.4 Å². The minimum absolute atomic E-state index is 0.197. The second-order valence-electron chi connectivity index (χ2n) is 5.83. The SMILES string of the molecule is C#CC1C(=O)N(Cc2cccc(F)c2)CC=C1OCc1ccccc1. The smallest absolute Gasteiger partial charge is 0.246 e. The first-order valence-electron chi connectivity index (χ1n) is 8.03. The van der Waals surface area contributed by atoms with Crippen molar-refractivity contribution in [1.82, 2.24) is 4.90 Å². The van der Waals surface area contributed by atoms with Crippen LogP contribution < -0.4 is 0 Å². The average Bonchev–Trinajstić information content (AvgIpc) is 2.63. The van der Waals surface area contributed by atoms with E-state index in [1.807, 2.05) is 36.4 Å². The number of hydrogen-bond donors (Lipinski definition) is 0. The summed E-state index contributed by atoms with van der Waals surface area (Å²) >= 11 is 0. The summed E-state index contributed by atoms with van der Waals surface area (Å²) < 4.78 is 19.1. The number of rotatable bonds is 5. The lowest BCUT2D eigenvalue weighted by Crippen LogP contribution is -2.40. The maximum atomic E-state index is 13.3. The molecule has 0 spiro atoms. The van der Waals surface area contributed by atoms with E-state index in [-0.39, 0.29) is 11.7 Å². The quantitative estimate of drug-likeness (QED) is 0.783.